The van der Waals surface area contributed by atoms with Crippen LogP contribution < -0.4 is 5.32 Å². The number of carbonyl (C=O) groups excluding carboxylic acids is 1. The summed E-state index contributed by atoms with van der Waals surface area (Å²) >= 11 is 0. The Morgan fingerprint density at radius 3 is 3.00 bits per heavy atom. The van der Waals surface area contributed by atoms with Crippen molar-refractivity contribution in [2.24, 2.45) is 0 Å². The highest BCUT2D eigenvalue weighted by Gasteiger charge is 2.13. The fraction of sp³-hybridized carbons (Fsp3) is 0.429. The van der Waals surface area contributed by atoms with Crippen LogP contribution in [0, 0.1) is 0 Å². The maximum Gasteiger partial charge on any atom is 0.220 e. The first-order valence-corrected chi connectivity index (χ1v) is 6.43. The van der Waals surface area contributed by atoms with Crippen molar-refractivity contribution >= 4 is 16.9 Å². The summed E-state index contributed by atoms with van der Waals surface area (Å²) in [4.78, 5) is 19.4. The third kappa shape index (κ3) is 3.54. The number of para-hydroxylation sites is 2. The van der Waals surface area contributed by atoms with Crippen molar-refractivity contribution in [3.63, 3.8) is 0 Å². The fourth-order valence-electron chi connectivity index (χ4n) is 1.94. The summed E-state index contributed by atoms with van der Waals surface area (Å²) in [5.74, 6) is 0.797. The Morgan fingerprint density at radius 1 is 1.47 bits per heavy atom. The number of amides is 1. The van der Waals surface area contributed by atoms with Crippen LogP contribution in [-0.4, -0.2) is 29.6 Å². The van der Waals surface area contributed by atoms with Gasteiger partial charge in [0.15, 0.2) is 0 Å². The number of carbonyl (C=O) groups is 1. The molecule has 1 aromatic heterocycles. The molecule has 19 heavy (non-hydrogen) atoms. The Labute approximate surface area is 112 Å². The molecule has 1 atom stereocenters. The number of aromatic nitrogens is 2. The summed E-state index contributed by atoms with van der Waals surface area (Å²) < 4.78 is 4.92. The fourth-order valence-corrected chi connectivity index (χ4v) is 1.94. The minimum absolute atomic E-state index is 0.0185. The zero-order valence-corrected chi connectivity index (χ0v) is 11.3. The van der Waals surface area contributed by atoms with E-state index >= 15 is 0 Å². The van der Waals surface area contributed by atoms with Gasteiger partial charge in [-0.25, -0.2) is 4.98 Å². The number of H-pyrrole nitrogens is 1. The number of imidazole rings is 1. The van der Waals surface area contributed by atoms with E-state index in [0.717, 1.165) is 23.3 Å². The molecule has 1 amide bonds. The molecule has 1 unspecified atom stereocenters. The highest BCUT2D eigenvalue weighted by Crippen LogP contribution is 2.15. The molecule has 2 aromatic rings. The summed E-state index contributed by atoms with van der Waals surface area (Å²) in [6.45, 7) is 2.53. The molecule has 0 saturated carbocycles. The predicted octanol–water partition coefficient (Wildman–Crippen LogP) is 2.17. The first kappa shape index (κ1) is 13.5. The van der Waals surface area contributed by atoms with Gasteiger partial charge in [-0.1, -0.05) is 12.1 Å². The lowest BCUT2D eigenvalue weighted by molar-refractivity contribution is -0.122. The monoisotopic (exact) mass is 261 g/mol. The molecular weight excluding hydrogens is 242 g/mol. The average Bonchev–Trinajstić information content (AvgIpc) is 2.83. The Hall–Kier alpha value is -1.88. The molecule has 0 fully saturated rings. The van der Waals surface area contributed by atoms with Gasteiger partial charge in [0.25, 0.3) is 0 Å². The van der Waals surface area contributed by atoms with Crippen LogP contribution >= 0.6 is 0 Å². The van der Waals surface area contributed by atoms with Crippen molar-refractivity contribution in [2.75, 3.05) is 13.7 Å². The van der Waals surface area contributed by atoms with Gasteiger partial charge < -0.3 is 15.0 Å². The van der Waals surface area contributed by atoms with E-state index in [1.54, 1.807) is 7.11 Å². The number of fused-ring (bicyclic) bond motifs is 1. The van der Waals surface area contributed by atoms with Crippen molar-refractivity contribution in [3.8, 4) is 0 Å². The van der Waals surface area contributed by atoms with Gasteiger partial charge in [-0.05, 0) is 25.5 Å². The number of benzene rings is 1. The molecule has 0 radical (unpaired) electrons. The minimum atomic E-state index is -0.123. The van der Waals surface area contributed by atoms with Crippen molar-refractivity contribution < 1.29 is 9.53 Å². The van der Waals surface area contributed by atoms with Gasteiger partial charge in [0.2, 0.25) is 5.91 Å². The lowest BCUT2D eigenvalue weighted by Crippen LogP contribution is -2.27. The van der Waals surface area contributed by atoms with Gasteiger partial charge in [0.05, 0.1) is 17.1 Å². The van der Waals surface area contributed by atoms with Crippen LogP contribution in [0.5, 0.6) is 0 Å². The van der Waals surface area contributed by atoms with Crippen LogP contribution in [0.4, 0.5) is 0 Å². The van der Waals surface area contributed by atoms with Crippen LogP contribution in [0.3, 0.4) is 0 Å². The van der Waals surface area contributed by atoms with Crippen LogP contribution in [0.25, 0.3) is 11.0 Å². The summed E-state index contributed by atoms with van der Waals surface area (Å²) in [6, 6.07) is 7.70. The first-order valence-electron chi connectivity index (χ1n) is 6.43. The molecule has 0 aliphatic carbocycles. The van der Waals surface area contributed by atoms with Gasteiger partial charge in [-0.2, -0.15) is 0 Å². The number of nitrogens with zero attached hydrogens (tertiary/aromatic N) is 1. The second kappa shape index (κ2) is 6.33. The number of rotatable bonds is 6. The molecule has 1 heterocycles. The van der Waals surface area contributed by atoms with Crippen LogP contribution in [-0.2, 0) is 9.53 Å². The smallest absolute Gasteiger partial charge is 0.220 e. The van der Waals surface area contributed by atoms with E-state index in [2.05, 4.69) is 15.3 Å². The summed E-state index contributed by atoms with van der Waals surface area (Å²) in [6.07, 6.45) is 1.20. The highest BCUT2D eigenvalue weighted by atomic mass is 16.5. The Kier molecular flexibility index (Phi) is 4.52. The van der Waals surface area contributed by atoms with Gasteiger partial charge in [-0.3, -0.25) is 4.79 Å². The largest absolute Gasteiger partial charge is 0.385 e. The van der Waals surface area contributed by atoms with Crippen molar-refractivity contribution in [2.45, 2.75) is 25.8 Å². The zero-order chi connectivity index (χ0) is 13.7. The number of ether oxygens (including phenoxy) is 1. The summed E-state index contributed by atoms with van der Waals surface area (Å²) in [7, 11) is 1.63. The van der Waals surface area contributed by atoms with Gasteiger partial charge in [0, 0.05) is 20.1 Å². The second-order valence-corrected chi connectivity index (χ2v) is 4.52. The lowest BCUT2D eigenvalue weighted by atomic mass is 10.2. The molecule has 0 aliphatic rings. The SMILES string of the molecule is COCCCC(=O)NC(C)c1nc2ccccc2[nH]1. The lowest BCUT2D eigenvalue weighted by Gasteiger charge is -2.11. The molecule has 102 valence electrons. The molecule has 5 nitrogen and oxygen atoms in total. The zero-order valence-electron chi connectivity index (χ0n) is 11.3. The van der Waals surface area contributed by atoms with E-state index in [1.807, 2.05) is 31.2 Å². The van der Waals surface area contributed by atoms with Crippen molar-refractivity contribution in [3.05, 3.63) is 30.1 Å². The average molecular weight is 261 g/mol. The van der Waals surface area contributed by atoms with E-state index in [0.29, 0.717) is 13.0 Å². The normalized spacial score (nSPS) is 12.5. The molecule has 5 heteroatoms. The summed E-state index contributed by atoms with van der Waals surface area (Å²) in [5, 5.41) is 2.93. The van der Waals surface area contributed by atoms with E-state index < -0.39 is 0 Å². The van der Waals surface area contributed by atoms with Crippen molar-refractivity contribution in [1.82, 2.24) is 15.3 Å². The van der Waals surface area contributed by atoms with Crippen LogP contribution in [0.2, 0.25) is 0 Å². The van der Waals surface area contributed by atoms with Crippen LogP contribution in [0.15, 0.2) is 24.3 Å². The van der Waals surface area contributed by atoms with Gasteiger partial charge in [-0.15, -0.1) is 0 Å². The topological polar surface area (TPSA) is 67.0 Å². The third-order valence-electron chi connectivity index (χ3n) is 2.95. The Bertz CT molecular complexity index is 517. The van der Waals surface area contributed by atoms with E-state index in [9.17, 15) is 4.79 Å². The van der Waals surface area contributed by atoms with Crippen molar-refractivity contribution in [1.29, 1.82) is 0 Å². The molecule has 0 bridgehead atoms. The van der Waals surface area contributed by atoms with E-state index in [-0.39, 0.29) is 11.9 Å². The Morgan fingerprint density at radius 2 is 2.26 bits per heavy atom. The number of hydrogen-bond acceptors (Lipinski definition) is 3. The molecular formula is C14H19N3O2. The van der Waals surface area contributed by atoms with E-state index in [1.165, 1.54) is 0 Å². The number of hydrogen-bond donors (Lipinski definition) is 2. The summed E-state index contributed by atoms with van der Waals surface area (Å²) in [5.41, 5.74) is 1.90. The van der Waals surface area contributed by atoms with Gasteiger partial charge in [0.1, 0.15) is 5.82 Å². The second-order valence-electron chi connectivity index (χ2n) is 4.52. The van der Waals surface area contributed by atoms with Gasteiger partial charge >= 0.3 is 0 Å². The number of nitrogens with one attached hydrogen (secondary N) is 2. The first-order chi connectivity index (χ1) is 9.20. The standard InChI is InChI=1S/C14H19N3O2/c1-10(15-13(18)8-5-9-19-2)14-16-11-6-3-4-7-12(11)17-14/h3-4,6-7,10H,5,8-9H2,1-2H3,(H,15,18)(H,16,17). The number of aromatic amines is 1. The molecule has 0 saturated heterocycles. The number of methoxy groups -OCH3 is 1. The molecule has 2 N–H and O–H groups in total. The highest BCUT2D eigenvalue weighted by molar-refractivity contribution is 5.77. The third-order valence-corrected chi connectivity index (χ3v) is 2.95. The maximum absolute atomic E-state index is 11.7. The maximum atomic E-state index is 11.7. The molecule has 0 spiro atoms. The Balaban J connectivity index is 1.95. The molecule has 1 aromatic carbocycles. The minimum Gasteiger partial charge on any atom is -0.385 e. The predicted molar refractivity (Wildman–Crippen MR) is 73.8 cm³/mol. The molecule has 2 rings (SSSR count). The van der Waals surface area contributed by atoms with Crippen LogP contribution in [0.1, 0.15) is 31.6 Å². The molecule has 0 aliphatic heterocycles. The quantitative estimate of drug-likeness (QED) is 0.783. The van der Waals surface area contributed by atoms with E-state index in [4.69, 9.17) is 4.74 Å².